The van der Waals surface area contributed by atoms with Crippen LogP contribution >= 0.6 is 22.7 Å². The van der Waals surface area contributed by atoms with E-state index in [9.17, 15) is 27.6 Å². The van der Waals surface area contributed by atoms with Gasteiger partial charge in [-0.05, 0) is 43.4 Å². The molecule has 0 radical (unpaired) electrons. The number of nitrogens with zero attached hydrogens (tertiary/aromatic N) is 2. The zero-order valence-electron chi connectivity index (χ0n) is 21.4. The summed E-state index contributed by atoms with van der Waals surface area (Å²) in [5, 5.41) is 2.79. The van der Waals surface area contributed by atoms with Gasteiger partial charge in [0, 0.05) is 4.88 Å². The van der Waals surface area contributed by atoms with Crippen LogP contribution in [0.25, 0.3) is 10.2 Å². The van der Waals surface area contributed by atoms with E-state index in [2.05, 4.69) is 10.3 Å². The topological polar surface area (TPSA) is 150 Å². The summed E-state index contributed by atoms with van der Waals surface area (Å²) in [5.74, 6) is -4.97. The zero-order valence-corrected chi connectivity index (χ0v) is 23.8. The van der Waals surface area contributed by atoms with E-state index in [0.717, 1.165) is 52.2 Å². The van der Waals surface area contributed by atoms with Gasteiger partial charge in [-0.15, -0.1) is 11.3 Å². The summed E-state index contributed by atoms with van der Waals surface area (Å²) in [5.41, 5.74) is 1.73. The fourth-order valence-corrected chi connectivity index (χ4v) is 7.70. The third-order valence-electron chi connectivity index (χ3n) is 6.08. The number of hydrogen-bond donors (Lipinski definition) is 1. The van der Waals surface area contributed by atoms with Gasteiger partial charge in [0.25, 0.3) is 5.91 Å². The number of anilines is 1. The van der Waals surface area contributed by atoms with E-state index in [1.807, 2.05) is 0 Å². The Morgan fingerprint density at radius 1 is 1.00 bits per heavy atom. The first-order valence-corrected chi connectivity index (χ1v) is 15.5. The average molecular weight is 594 g/mol. The van der Waals surface area contributed by atoms with Crippen LogP contribution in [0.4, 0.5) is 5.00 Å². The predicted molar refractivity (Wildman–Crippen MR) is 147 cm³/mol. The lowest BCUT2D eigenvalue weighted by Crippen LogP contribution is -2.29. The fraction of sp³-hybridized carbons (Fsp3) is 0.400. The van der Waals surface area contributed by atoms with Gasteiger partial charge in [-0.25, -0.2) is 13.2 Å². The van der Waals surface area contributed by atoms with Crippen molar-refractivity contribution in [2.24, 2.45) is 4.99 Å². The van der Waals surface area contributed by atoms with Gasteiger partial charge in [0.15, 0.2) is 14.6 Å². The van der Waals surface area contributed by atoms with Crippen LogP contribution < -0.4 is 10.1 Å². The number of sulfone groups is 1. The van der Waals surface area contributed by atoms with E-state index in [1.165, 1.54) is 30.1 Å². The molecule has 39 heavy (non-hydrogen) atoms. The van der Waals surface area contributed by atoms with Crippen LogP contribution in [0, 0.1) is 0 Å². The Bertz CT molecular complexity index is 1610. The molecule has 1 aliphatic rings. The summed E-state index contributed by atoms with van der Waals surface area (Å²) in [6.07, 6.45) is 4.34. The minimum atomic E-state index is -4.20. The Labute approximate surface area is 232 Å². The number of hydrogen-bond acceptors (Lipinski definition) is 10. The molecular formula is C25H27N3O8S3. The molecule has 0 spiro atoms. The quantitative estimate of drug-likeness (QED) is 0.309. The van der Waals surface area contributed by atoms with Crippen molar-refractivity contribution in [3.05, 3.63) is 45.1 Å². The van der Waals surface area contributed by atoms with Gasteiger partial charge in [0.1, 0.15) is 23.1 Å². The maximum atomic E-state index is 12.7. The molecule has 0 fully saturated rings. The number of fused-ring (bicyclic) bond motifs is 2. The second kappa shape index (κ2) is 12.2. The van der Waals surface area contributed by atoms with E-state index in [1.54, 1.807) is 24.3 Å². The number of carbonyl (C=O) groups excluding carboxylic acids is 4. The number of para-hydroxylation sites is 1. The molecule has 1 aliphatic carbocycles. The summed E-state index contributed by atoms with van der Waals surface area (Å²) in [7, 11) is -1.72. The number of aryl methyl sites for hydroxylation is 1. The number of methoxy groups -OCH3 is 2. The maximum Gasteiger partial charge on any atom is 0.341 e. The molecular weight excluding hydrogens is 566 g/mol. The number of nitrogens with one attached hydrogen (secondary N) is 1. The number of amides is 2. The minimum Gasteiger partial charge on any atom is -0.468 e. The Morgan fingerprint density at radius 2 is 1.74 bits per heavy atom. The van der Waals surface area contributed by atoms with Gasteiger partial charge in [-0.1, -0.05) is 29.9 Å². The molecule has 4 rings (SSSR count). The fourth-order valence-electron chi connectivity index (χ4n) is 4.34. The van der Waals surface area contributed by atoms with Gasteiger partial charge in [-0.2, -0.15) is 4.99 Å². The second-order valence-electron chi connectivity index (χ2n) is 8.86. The highest BCUT2D eigenvalue weighted by molar-refractivity contribution is 7.92. The zero-order chi connectivity index (χ0) is 28.2. The molecule has 0 saturated carbocycles. The lowest BCUT2D eigenvalue weighted by molar-refractivity contribution is -0.141. The molecule has 0 aliphatic heterocycles. The summed E-state index contributed by atoms with van der Waals surface area (Å²) < 4.78 is 37.3. The molecule has 2 amide bonds. The number of aromatic nitrogens is 1. The van der Waals surface area contributed by atoms with Crippen molar-refractivity contribution in [2.75, 3.05) is 31.0 Å². The first-order valence-electron chi connectivity index (χ1n) is 12.1. The summed E-state index contributed by atoms with van der Waals surface area (Å²) in [6, 6.07) is 7.07. The monoisotopic (exact) mass is 593 g/mol. The van der Waals surface area contributed by atoms with Gasteiger partial charge in [-0.3, -0.25) is 14.4 Å². The summed E-state index contributed by atoms with van der Waals surface area (Å²) in [4.78, 5) is 54.7. The van der Waals surface area contributed by atoms with E-state index < -0.39 is 45.1 Å². The van der Waals surface area contributed by atoms with Gasteiger partial charge in [0.2, 0.25) is 5.91 Å². The van der Waals surface area contributed by atoms with Crippen molar-refractivity contribution in [1.29, 1.82) is 0 Å². The van der Waals surface area contributed by atoms with E-state index in [-0.39, 0.29) is 21.9 Å². The van der Waals surface area contributed by atoms with Crippen LogP contribution in [0.15, 0.2) is 29.3 Å². The first-order chi connectivity index (χ1) is 18.6. The highest BCUT2D eigenvalue weighted by atomic mass is 32.2. The molecule has 1 N–H and O–H groups in total. The van der Waals surface area contributed by atoms with Crippen LogP contribution in [-0.2, 0) is 53.1 Å². The summed E-state index contributed by atoms with van der Waals surface area (Å²) >= 11 is 2.37. The van der Waals surface area contributed by atoms with Crippen LogP contribution in [0.2, 0.25) is 0 Å². The van der Waals surface area contributed by atoms with Gasteiger partial charge in [0.05, 0.1) is 30.0 Å². The number of carbonyl (C=O) groups is 4. The minimum absolute atomic E-state index is 0.133. The van der Waals surface area contributed by atoms with Crippen LogP contribution in [-0.4, -0.2) is 62.5 Å². The Kier molecular flexibility index (Phi) is 8.97. The maximum absolute atomic E-state index is 12.7. The largest absolute Gasteiger partial charge is 0.468 e. The molecule has 0 unspecified atom stereocenters. The molecule has 0 bridgehead atoms. The molecule has 0 atom stereocenters. The van der Waals surface area contributed by atoms with Crippen molar-refractivity contribution < 1.29 is 37.1 Å². The number of thiazole rings is 1. The highest BCUT2D eigenvalue weighted by Gasteiger charge is 2.28. The number of esters is 2. The van der Waals surface area contributed by atoms with Crippen molar-refractivity contribution >= 4 is 71.5 Å². The lowest BCUT2D eigenvalue weighted by Gasteiger charge is -2.07. The van der Waals surface area contributed by atoms with E-state index in [0.29, 0.717) is 11.9 Å². The number of ether oxygens (including phenoxy) is 2. The molecule has 14 heteroatoms. The molecule has 2 heterocycles. The molecule has 208 valence electrons. The normalized spacial score (nSPS) is 13.9. The smallest absolute Gasteiger partial charge is 0.341 e. The van der Waals surface area contributed by atoms with Gasteiger partial charge >= 0.3 is 11.9 Å². The van der Waals surface area contributed by atoms with Crippen molar-refractivity contribution in [1.82, 2.24) is 4.57 Å². The van der Waals surface area contributed by atoms with E-state index in [4.69, 9.17) is 9.47 Å². The van der Waals surface area contributed by atoms with Crippen LogP contribution in [0.1, 0.15) is 40.1 Å². The molecule has 11 nitrogen and oxygen atoms in total. The molecule has 2 aromatic heterocycles. The Hall–Kier alpha value is -3.36. The molecule has 1 aromatic carbocycles. The number of benzene rings is 1. The predicted octanol–water partition coefficient (Wildman–Crippen LogP) is 2.47. The Balaban J connectivity index is 1.51. The average Bonchev–Trinajstić information content (AvgIpc) is 3.29. The van der Waals surface area contributed by atoms with Gasteiger partial charge < -0.3 is 19.4 Å². The third-order valence-corrected chi connectivity index (χ3v) is 9.74. The third kappa shape index (κ3) is 6.81. The SMILES string of the molecule is COC(=O)Cn1c(=NC(=O)CS(=O)(=O)CC(=O)Nc2sc3c(c2C(=O)OC)CCCCC3)sc2ccccc21. The first kappa shape index (κ1) is 28.6. The second-order valence-corrected chi connectivity index (χ2v) is 13.0. The van der Waals surface area contributed by atoms with E-state index >= 15 is 0 Å². The standard InChI is InChI=1S/C25H27N3O8S3/c1-35-21(31)12-28-16-9-6-7-11-18(16)38-25(28)27-20(30)14-39(33,34)13-19(29)26-23-22(24(32)36-2)15-8-4-3-5-10-17(15)37-23/h6-7,9,11H,3-5,8,10,12-14H2,1-2H3,(H,26,29). The van der Waals surface area contributed by atoms with Crippen LogP contribution in [0.3, 0.4) is 0 Å². The van der Waals surface area contributed by atoms with Crippen molar-refractivity contribution in [3.63, 3.8) is 0 Å². The highest BCUT2D eigenvalue weighted by Crippen LogP contribution is 2.38. The molecule has 0 saturated heterocycles. The Morgan fingerprint density at radius 3 is 2.49 bits per heavy atom. The van der Waals surface area contributed by atoms with Crippen molar-refractivity contribution in [3.8, 4) is 0 Å². The number of thiophene rings is 1. The van der Waals surface area contributed by atoms with Crippen LogP contribution in [0.5, 0.6) is 0 Å². The lowest BCUT2D eigenvalue weighted by atomic mass is 10.1. The summed E-state index contributed by atoms with van der Waals surface area (Å²) in [6.45, 7) is -0.213. The molecule has 3 aromatic rings. The van der Waals surface area contributed by atoms with Crippen molar-refractivity contribution in [2.45, 2.75) is 38.6 Å². The number of rotatable bonds is 8.